The fraction of sp³-hybridized carbons (Fsp3) is 0.556. The van der Waals surface area contributed by atoms with Crippen molar-refractivity contribution in [1.29, 1.82) is 0 Å². The highest BCUT2D eigenvalue weighted by Gasteiger charge is 2.30. The Balaban J connectivity index is 2.07. The average Bonchev–Trinajstić information content (AvgIpc) is 3.00. The quantitative estimate of drug-likeness (QED) is 0.822. The number of imide groups is 1. The molecular formula is C18H27N3O4. The molecule has 25 heavy (non-hydrogen) atoms. The van der Waals surface area contributed by atoms with Gasteiger partial charge in [-0.3, -0.25) is 15.0 Å². The zero-order valence-electron chi connectivity index (χ0n) is 15.3. The van der Waals surface area contributed by atoms with E-state index in [2.05, 4.69) is 15.5 Å². The van der Waals surface area contributed by atoms with Gasteiger partial charge in [0.05, 0.1) is 20.8 Å². The molecule has 1 aliphatic heterocycles. The van der Waals surface area contributed by atoms with Crippen LogP contribution < -0.4 is 20.1 Å². The Kier molecular flexibility index (Phi) is 6.64. The number of rotatable bonds is 6. The van der Waals surface area contributed by atoms with Crippen molar-refractivity contribution >= 4 is 11.9 Å². The normalized spacial score (nSPS) is 17.4. The van der Waals surface area contributed by atoms with Crippen molar-refractivity contribution in [2.45, 2.75) is 38.8 Å². The molecule has 1 fully saturated rings. The van der Waals surface area contributed by atoms with Crippen LogP contribution in [0.3, 0.4) is 0 Å². The van der Waals surface area contributed by atoms with Crippen LogP contribution >= 0.6 is 0 Å². The Bertz CT molecular complexity index is 618. The van der Waals surface area contributed by atoms with Gasteiger partial charge in [0.2, 0.25) is 5.91 Å². The van der Waals surface area contributed by atoms with Crippen LogP contribution in [-0.4, -0.2) is 50.2 Å². The monoisotopic (exact) mass is 349 g/mol. The first-order chi connectivity index (χ1) is 11.9. The van der Waals surface area contributed by atoms with E-state index in [0.717, 1.165) is 36.4 Å². The van der Waals surface area contributed by atoms with Gasteiger partial charge >= 0.3 is 6.03 Å². The summed E-state index contributed by atoms with van der Waals surface area (Å²) in [6.07, 6.45) is 1.91. The number of carbonyl (C=O) groups is 2. The highest BCUT2D eigenvalue weighted by atomic mass is 16.5. The average molecular weight is 349 g/mol. The van der Waals surface area contributed by atoms with Crippen LogP contribution in [0.2, 0.25) is 0 Å². The number of likely N-dealkylation sites (tertiary alicyclic amines) is 1. The molecule has 0 spiro atoms. The zero-order valence-corrected chi connectivity index (χ0v) is 15.3. The predicted molar refractivity (Wildman–Crippen MR) is 94.9 cm³/mol. The predicted octanol–water partition coefficient (Wildman–Crippen LogP) is 2.07. The second-order valence-electron chi connectivity index (χ2n) is 6.41. The van der Waals surface area contributed by atoms with Crippen LogP contribution in [0.5, 0.6) is 11.5 Å². The van der Waals surface area contributed by atoms with Crippen LogP contribution in [0, 0.1) is 0 Å². The summed E-state index contributed by atoms with van der Waals surface area (Å²) in [5.74, 6) is 1.21. The smallest absolute Gasteiger partial charge is 0.321 e. The van der Waals surface area contributed by atoms with Crippen molar-refractivity contribution in [1.82, 2.24) is 15.5 Å². The lowest BCUT2D eigenvalue weighted by Gasteiger charge is -2.26. The van der Waals surface area contributed by atoms with E-state index < -0.39 is 6.03 Å². The lowest BCUT2D eigenvalue weighted by molar-refractivity contribution is -0.121. The maximum absolute atomic E-state index is 12.2. The number of urea groups is 1. The second-order valence-corrected chi connectivity index (χ2v) is 6.41. The number of nitrogens with one attached hydrogen (secondary N) is 2. The SMILES string of the molecule is COc1ccc(OC)c([C@@H]2CCCN2CC(=O)NC(=O)NC(C)C)c1. The van der Waals surface area contributed by atoms with E-state index in [4.69, 9.17) is 9.47 Å². The van der Waals surface area contributed by atoms with Gasteiger partial charge < -0.3 is 14.8 Å². The van der Waals surface area contributed by atoms with E-state index >= 15 is 0 Å². The standard InChI is InChI=1S/C18H27N3O4/c1-12(2)19-18(23)20-17(22)11-21-9-5-6-15(21)14-10-13(24-3)7-8-16(14)25-4/h7-8,10,12,15H,5-6,9,11H2,1-4H3,(H2,19,20,22,23)/t15-/m0/s1. The summed E-state index contributed by atoms with van der Waals surface area (Å²) in [7, 11) is 3.26. The summed E-state index contributed by atoms with van der Waals surface area (Å²) in [4.78, 5) is 25.9. The summed E-state index contributed by atoms with van der Waals surface area (Å²) in [6.45, 7) is 4.64. The molecule has 7 heteroatoms. The van der Waals surface area contributed by atoms with Crippen molar-refractivity contribution in [2.75, 3.05) is 27.3 Å². The lowest BCUT2D eigenvalue weighted by Crippen LogP contribution is -2.46. The van der Waals surface area contributed by atoms with Crippen LogP contribution in [0.4, 0.5) is 4.79 Å². The van der Waals surface area contributed by atoms with Crippen molar-refractivity contribution in [2.24, 2.45) is 0 Å². The van der Waals surface area contributed by atoms with Gasteiger partial charge in [-0.1, -0.05) is 0 Å². The van der Waals surface area contributed by atoms with Gasteiger partial charge in [-0.15, -0.1) is 0 Å². The van der Waals surface area contributed by atoms with Crippen molar-refractivity contribution in [3.05, 3.63) is 23.8 Å². The molecule has 1 atom stereocenters. The molecule has 3 amide bonds. The summed E-state index contributed by atoms with van der Waals surface area (Å²) >= 11 is 0. The molecule has 1 heterocycles. The van der Waals surface area contributed by atoms with E-state index in [-0.39, 0.29) is 24.5 Å². The first kappa shape index (κ1) is 19.1. The number of amides is 3. The minimum absolute atomic E-state index is 0.0200. The molecule has 0 unspecified atom stereocenters. The number of hydrogen-bond acceptors (Lipinski definition) is 5. The van der Waals surface area contributed by atoms with E-state index in [1.54, 1.807) is 14.2 Å². The Hall–Kier alpha value is -2.28. The highest BCUT2D eigenvalue weighted by molar-refractivity contribution is 5.95. The Morgan fingerprint density at radius 2 is 2.04 bits per heavy atom. The van der Waals surface area contributed by atoms with Crippen molar-refractivity contribution < 1.29 is 19.1 Å². The van der Waals surface area contributed by atoms with Crippen LogP contribution in [-0.2, 0) is 4.79 Å². The van der Waals surface area contributed by atoms with Gasteiger partial charge in [0.15, 0.2) is 0 Å². The molecular weight excluding hydrogens is 322 g/mol. The third-order valence-electron chi connectivity index (χ3n) is 4.18. The van der Waals surface area contributed by atoms with Gasteiger partial charge in [0, 0.05) is 17.6 Å². The Labute approximate surface area is 148 Å². The number of hydrogen-bond donors (Lipinski definition) is 2. The molecule has 7 nitrogen and oxygen atoms in total. The van der Waals surface area contributed by atoms with Crippen LogP contribution in [0.1, 0.15) is 38.3 Å². The van der Waals surface area contributed by atoms with Gasteiger partial charge in [-0.25, -0.2) is 4.79 Å². The van der Waals surface area contributed by atoms with Gasteiger partial charge in [0.1, 0.15) is 11.5 Å². The molecule has 1 aliphatic rings. The van der Waals surface area contributed by atoms with E-state index in [1.807, 2.05) is 32.0 Å². The Morgan fingerprint density at radius 3 is 2.68 bits per heavy atom. The fourth-order valence-electron chi connectivity index (χ4n) is 3.12. The van der Waals surface area contributed by atoms with E-state index in [9.17, 15) is 9.59 Å². The van der Waals surface area contributed by atoms with Crippen molar-refractivity contribution in [3.63, 3.8) is 0 Å². The second kappa shape index (κ2) is 8.71. The molecule has 0 aromatic heterocycles. The first-order valence-corrected chi connectivity index (χ1v) is 8.51. The molecule has 138 valence electrons. The lowest BCUT2D eigenvalue weighted by atomic mass is 10.0. The van der Waals surface area contributed by atoms with Gasteiger partial charge in [0.25, 0.3) is 0 Å². The molecule has 1 aromatic rings. The zero-order chi connectivity index (χ0) is 18.4. The minimum atomic E-state index is -0.463. The van der Waals surface area contributed by atoms with Crippen LogP contribution in [0.15, 0.2) is 18.2 Å². The third kappa shape index (κ3) is 5.09. The number of nitrogens with zero attached hydrogens (tertiary/aromatic N) is 1. The molecule has 0 bridgehead atoms. The molecule has 1 saturated heterocycles. The van der Waals surface area contributed by atoms with Gasteiger partial charge in [-0.05, 0) is 51.4 Å². The Morgan fingerprint density at radius 1 is 1.28 bits per heavy atom. The fourth-order valence-corrected chi connectivity index (χ4v) is 3.12. The van der Waals surface area contributed by atoms with E-state index in [1.165, 1.54) is 0 Å². The van der Waals surface area contributed by atoms with Crippen molar-refractivity contribution in [3.8, 4) is 11.5 Å². The highest BCUT2D eigenvalue weighted by Crippen LogP contribution is 2.38. The summed E-state index contributed by atoms with van der Waals surface area (Å²) in [5.41, 5.74) is 0.999. The van der Waals surface area contributed by atoms with Gasteiger partial charge in [-0.2, -0.15) is 0 Å². The molecule has 0 aliphatic carbocycles. The number of carbonyl (C=O) groups excluding carboxylic acids is 2. The topological polar surface area (TPSA) is 79.9 Å². The number of ether oxygens (including phenoxy) is 2. The molecule has 2 N–H and O–H groups in total. The first-order valence-electron chi connectivity index (χ1n) is 8.51. The number of benzene rings is 1. The van der Waals surface area contributed by atoms with E-state index in [0.29, 0.717) is 0 Å². The molecule has 0 saturated carbocycles. The van der Waals surface area contributed by atoms with Crippen LogP contribution in [0.25, 0.3) is 0 Å². The summed E-state index contributed by atoms with van der Waals surface area (Å²) in [6, 6.07) is 5.25. The summed E-state index contributed by atoms with van der Waals surface area (Å²) < 4.78 is 10.8. The number of methoxy groups -OCH3 is 2. The maximum Gasteiger partial charge on any atom is 0.321 e. The molecule has 0 radical (unpaired) electrons. The molecule has 2 rings (SSSR count). The maximum atomic E-state index is 12.2. The summed E-state index contributed by atoms with van der Waals surface area (Å²) in [5, 5.41) is 5.02. The largest absolute Gasteiger partial charge is 0.497 e. The third-order valence-corrected chi connectivity index (χ3v) is 4.18. The minimum Gasteiger partial charge on any atom is -0.497 e. The molecule has 1 aromatic carbocycles.